The van der Waals surface area contributed by atoms with E-state index in [0.717, 1.165) is 18.7 Å². The van der Waals surface area contributed by atoms with Crippen LogP contribution in [0, 0.1) is 0 Å². The lowest BCUT2D eigenvalue weighted by atomic mass is 10.1. The predicted octanol–water partition coefficient (Wildman–Crippen LogP) is 2.39. The zero-order valence-electron chi connectivity index (χ0n) is 14.4. The molecule has 1 aromatic rings. The molecule has 0 aromatic heterocycles. The molecule has 0 saturated carbocycles. The number of carbonyl (C=O) groups is 1. The van der Waals surface area contributed by atoms with Crippen LogP contribution in [0.1, 0.15) is 18.9 Å². The number of benzene rings is 1. The van der Waals surface area contributed by atoms with Crippen LogP contribution in [-0.2, 0) is 11.2 Å². The molecule has 140 valence electrons. The van der Waals surface area contributed by atoms with Crippen LogP contribution in [0.25, 0.3) is 0 Å². The minimum Gasteiger partial charge on any atom is -0.493 e. The molecular weight excluding hydrogens is 337 g/mol. The first-order valence-corrected chi connectivity index (χ1v) is 8.17. The number of methoxy groups -OCH3 is 1. The fourth-order valence-corrected chi connectivity index (χ4v) is 2.75. The largest absolute Gasteiger partial charge is 0.493 e. The predicted molar refractivity (Wildman–Crippen MR) is 86.9 cm³/mol. The van der Waals surface area contributed by atoms with E-state index in [9.17, 15) is 18.0 Å². The van der Waals surface area contributed by atoms with E-state index in [1.54, 1.807) is 12.1 Å². The SMILES string of the molecule is COc1cc(CCC(=O)N2CCNC[C@H]2C)ccc1OCC(F)(F)F. The van der Waals surface area contributed by atoms with Gasteiger partial charge in [-0.05, 0) is 31.0 Å². The van der Waals surface area contributed by atoms with E-state index in [1.807, 2.05) is 11.8 Å². The van der Waals surface area contributed by atoms with E-state index in [0.29, 0.717) is 19.4 Å². The molecule has 1 atom stereocenters. The van der Waals surface area contributed by atoms with E-state index < -0.39 is 12.8 Å². The van der Waals surface area contributed by atoms with Gasteiger partial charge in [-0.1, -0.05) is 6.07 Å². The van der Waals surface area contributed by atoms with Crippen molar-refractivity contribution >= 4 is 5.91 Å². The molecule has 1 aliphatic rings. The Morgan fingerprint density at radius 3 is 2.76 bits per heavy atom. The standard InChI is InChI=1S/C17H23F3N2O3/c1-12-10-21-7-8-22(12)16(23)6-4-13-3-5-14(15(9-13)24-2)25-11-17(18,19)20/h3,5,9,12,21H,4,6-8,10-11H2,1-2H3/t12-/m1/s1. The quantitative estimate of drug-likeness (QED) is 0.846. The fraction of sp³-hybridized carbons (Fsp3) is 0.588. The molecule has 0 bridgehead atoms. The number of amides is 1. The third-order valence-corrected chi connectivity index (χ3v) is 4.07. The number of ether oxygens (including phenoxy) is 2. The highest BCUT2D eigenvalue weighted by molar-refractivity contribution is 5.77. The molecule has 8 heteroatoms. The highest BCUT2D eigenvalue weighted by atomic mass is 19.4. The number of nitrogens with zero attached hydrogens (tertiary/aromatic N) is 1. The fourth-order valence-electron chi connectivity index (χ4n) is 2.75. The Labute approximate surface area is 145 Å². The first kappa shape index (κ1) is 19.4. The maximum atomic E-state index is 12.3. The van der Waals surface area contributed by atoms with E-state index in [2.05, 4.69) is 5.32 Å². The lowest BCUT2D eigenvalue weighted by Gasteiger charge is -2.34. The Morgan fingerprint density at radius 1 is 1.36 bits per heavy atom. The van der Waals surface area contributed by atoms with Crippen molar-refractivity contribution in [2.45, 2.75) is 32.0 Å². The summed E-state index contributed by atoms with van der Waals surface area (Å²) in [5, 5.41) is 3.23. The smallest absolute Gasteiger partial charge is 0.422 e. The van der Waals surface area contributed by atoms with Gasteiger partial charge in [0.25, 0.3) is 0 Å². The molecule has 0 spiro atoms. The normalized spacial score (nSPS) is 18.1. The number of alkyl halides is 3. The molecule has 1 aliphatic heterocycles. The van der Waals surface area contributed by atoms with E-state index >= 15 is 0 Å². The summed E-state index contributed by atoms with van der Waals surface area (Å²) in [4.78, 5) is 14.2. The minimum atomic E-state index is -4.41. The van der Waals surface area contributed by atoms with Crippen LogP contribution < -0.4 is 14.8 Å². The Balaban J connectivity index is 1.94. The average molecular weight is 360 g/mol. The van der Waals surface area contributed by atoms with Gasteiger partial charge in [0.05, 0.1) is 7.11 Å². The third kappa shape index (κ3) is 5.81. The average Bonchev–Trinajstić information content (AvgIpc) is 2.57. The van der Waals surface area contributed by atoms with Gasteiger partial charge in [-0.2, -0.15) is 13.2 Å². The molecule has 5 nitrogen and oxygen atoms in total. The van der Waals surface area contributed by atoms with Crippen LogP contribution in [0.3, 0.4) is 0 Å². The van der Waals surface area contributed by atoms with Crippen LogP contribution in [0.2, 0.25) is 0 Å². The van der Waals surface area contributed by atoms with Gasteiger partial charge in [0, 0.05) is 32.1 Å². The molecule has 1 saturated heterocycles. The molecule has 0 radical (unpaired) electrons. The topological polar surface area (TPSA) is 50.8 Å². The van der Waals surface area contributed by atoms with Gasteiger partial charge in [0.15, 0.2) is 18.1 Å². The Hall–Kier alpha value is -1.96. The zero-order chi connectivity index (χ0) is 18.4. The molecule has 1 aromatic carbocycles. The summed E-state index contributed by atoms with van der Waals surface area (Å²) in [7, 11) is 1.37. The van der Waals surface area contributed by atoms with Crippen LogP contribution in [0.5, 0.6) is 11.5 Å². The first-order chi connectivity index (χ1) is 11.8. The van der Waals surface area contributed by atoms with Crippen LogP contribution in [0.15, 0.2) is 18.2 Å². The summed E-state index contributed by atoms with van der Waals surface area (Å²) in [6.45, 7) is 2.88. The molecule has 0 aliphatic carbocycles. The van der Waals surface area contributed by atoms with E-state index in [1.165, 1.54) is 13.2 Å². The number of hydrogen-bond acceptors (Lipinski definition) is 4. The monoisotopic (exact) mass is 360 g/mol. The van der Waals surface area contributed by atoms with E-state index in [-0.39, 0.29) is 23.4 Å². The molecule has 0 unspecified atom stereocenters. The van der Waals surface area contributed by atoms with Gasteiger partial charge in [-0.15, -0.1) is 0 Å². The van der Waals surface area contributed by atoms with Gasteiger partial charge in [0.1, 0.15) is 0 Å². The third-order valence-electron chi connectivity index (χ3n) is 4.07. The minimum absolute atomic E-state index is 0.0330. The summed E-state index contributed by atoms with van der Waals surface area (Å²) < 4.78 is 46.6. The number of carbonyl (C=O) groups excluding carboxylic acids is 1. The lowest BCUT2D eigenvalue weighted by Crippen LogP contribution is -2.52. The molecular formula is C17H23F3N2O3. The first-order valence-electron chi connectivity index (χ1n) is 8.17. The highest BCUT2D eigenvalue weighted by Crippen LogP contribution is 2.30. The number of aryl methyl sites for hydroxylation is 1. The van der Waals surface area contributed by atoms with Crippen molar-refractivity contribution in [2.24, 2.45) is 0 Å². The second-order valence-corrected chi connectivity index (χ2v) is 6.03. The Morgan fingerprint density at radius 2 is 2.12 bits per heavy atom. The number of piperazine rings is 1. The number of halogens is 3. The maximum Gasteiger partial charge on any atom is 0.422 e. The van der Waals surface area contributed by atoms with Crippen molar-refractivity contribution in [3.63, 3.8) is 0 Å². The van der Waals surface area contributed by atoms with Gasteiger partial charge >= 0.3 is 6.18 Å². The van der Waals surface area contributed by atoms with Crippen LogP contribution in [0.4, 0.5) is 13.2 Å². The van der Waals surface area contributed by atoms with Gasteiger partial charge < -0.3 is 19.7 Å². The van der Waals surface area contributed by atoms with Gasteiger partial charge in [-0.3, -0.25) is 4.79 Å². The lowest BCUT2D eigenvalue weighted by molar-refractivity contribution is -0.153. The number of rotatable bonds is 6. The van der Waals surface area contributed by atoms with Gasteiger partial charge in [0.2, 0.25) is 5.91 Å². The van der Waals surface area contributed by atoms with Gasteiger partial charge in [-0.25, -0.2) is 0 Å². The van der Waals surface area contributed by atoms with Crippen molar-refractivity contribution in [2.75, 3.05) is 33.4 Å². The summed E-state index contributed by atoms with van der Waals surface area (Å²) in [5.41, 5.74) is 0.812. The molecule has 25 heavy (non-hydrogen) atoms. The summed E-state index contributed by atoms with van der Waals surface area (Å²) >= 11 is 0. The summed E-state index contributed by atoms with van der Waals surface area (Å²) in [6, 6.07) is 4.87. The molecule has 2 rings (SSSR count). The summed E-state index contributed by atoms with van der Waals surface area (Å²) in [5.74, 6) is 0.334. The van der Waals surface area contributed by atoms with Crippen molar-refractivity contribution in [1.29, 1.82) is 0 Å². The van der Waals surface area contributed by atoms with Crippen LogP contribution >= 0.6 is 0 Å². The van der Waals surface area contributed by atoms with Crippen molar-refractivity contribution in [3.05, 3.63) is 23.8 Å². The molecule has 1 heterocycles. The number of nitrogens with one attached hydrogen (secondary N) is 1. The number of hydrogen-bond donors (Lipinski definition) is 1. The second kappa shape index (κ2) is 8.42. The summed E-state index contributed by atoms with van der Waals surface area (Å²) in [6.07, 6.45) is -3.57. The Bertz CT molecular complexity index is 593. The van der Waals surface area contributed by atoms with Crippen molar-refractivity contribution < 1.29 is 27.4 Å². The maximum absolute atomic E-state index is 12.3. The zero-order valence-corrected chi connectivity index (χ0v) is 14.4. The van der Waals surface area contributed by atoms with Crippen molar-refractivity contribution in [3.8, 4) is 11.5 Å². The molecule has 1 N–H and O–H groups in total. The van der Waals surface area contributed by atoms with E-state index in [4.69, 9.17) is 9.47 Å². The molecule has 1 amide bonds. The molecule has 1 fully saturated rings. The van der Waals surface area contributed by atoms with Crippen molar-refractivity contribution in [1.82, 2.24) is 10.2 Å². The van der Waals surface area contributed by atoms with Crippen LogP contribution in [-0.4, -0.2) is 56.4 Å². The highest BCUT2D eigenvalue weighted by Gasteiger charge is 2.29. The Kier molecular flexibility index (Phi) is 6.52. The second-order valence-electron chi connectivity index (χ2n) is 6.03.